The van der Waals surface area contributed by atoms with Crippen LogP contribution >= 0.6 is 0 Å². The maximum Gasteiger partial charge on any atom is 0.416 e. The minimum Gasteiger partial charge on any atom is -0.366 e. The highest BCUT2D eigenvalue weighted by atomic mass is 19.4. The summed E-state index contributed by atoms with van der Waals surface area (Å²) in [6, 6.07) is 15.3. The average Bonchev–Trinajstić information content (AvgIpc) is 3.30. The number of carbonyl (C=O) groups excluding carboxylic acids is 1. The summed E-state index contributed by atoms with van der Waals surface area (Å²) in [6.07, 6.45) is 0.592. The molecule has 3 heterocycles. The van der Waals surface area contributed by atoms with Crippen molar-refractivity contribution in [1.82, 2.24) is 24.5 Å². The van der Waals surface area contributed by atoms with Gasteiger partial charge in [-0.2, -0.15) is 13.2 Å². The lowest BCUT2D eigenvalue weighted by Gasteiger charge is -2.11. The number of halogens is 3. The van der Waals surface area contributed by atoms with Gasteiger partial charge in [-0.05, 0) is 41.5 Å². The highest BCUT2D eigenvalue weighted by Gasteiger charge is 2.30. The number of alkyl halides is 3. The zero-order chi connectivity index (χ0) is 26.0. The van der Waals surface area contributed by atoms with E-state index in [0.717, 1.165) is 17.7 Å². The van der Waals surface area contributed by atoms with Gasteiger partial charge in [-0.15, -0.1) is 0 Å². The number of hydrogen-bond donors (Lipinski definition) is 2. The maximum atomic E-state index is 13.0. The molecule has 5 aromatic rings. The van der Waals surface area contributed by atoms with Crippen LogP contribution in [0.25, 0.3) is 22.6 Å². The van der Waals surface area contributed by atoms with Crippen molar-refractivity contribution < 1.29 is 18.0 Å². The molecule has 0 saturated carbocycles. The molecule has 0 spiro atoms. The number of rotatable bonds is 7. The van der Waals surface area contributed by atoms with E-state index in [0.29, 0.717) is 46.0 Å². The molecular formula is C26H20F3N7O. The topological polar surface area (TPSA) is 112 Å². The summed E-state index contributed by atoms with van der Waals surface area (Å²) in [6.45, 7) is 0.694. The first kappa shape index (κ1) is 23.9. The van der Waals surface area contributed by atoms with E-state index >= 15 is 0 Å². The number of carbonyl (C=O) groups is 1. The van der Waals surface area contributed by atoms with E-state index in [1.807, 2.05) is 12.1 Å². The highest BCUT2D eigenvalue weighted by Crippen LogP contribution is 2.30. The normalized spacial score (nSPS) is 11.5. The van der Waals surface area contributed by atoms with Crippen molar-refractivity contribution in [2.24, 2.45) is 5.73 Å². The first-order chi connectivity index (χ1) is 17.8. The van der Waals surface area contributed by atoms with Gasteiger partial charge >= 0.3 is 6.18 Å². The zero-order valence-corrected chi connectivity index (χ0v) is 19.3. The number of amides is 1. The summed E-state index contributed by atoms with van der Waals surface area (Å²) in [5.74, 6) is 0.316. The Morgan fingerprint density at radius 1 is 0.973 bits per heavy atom. The average molecular weight is 503 g/mol. The minimum absolute atomic E-state index is 0.258. The molecule has 0 aliphatic heterocycles. The Balaban J connectivity index is 1.53. The molecule has 0 aliphatic rings. The predicted octanol–water partition coefficient (Wildman–Crippen LogP) is 4.67. The lowest BCUT2D eigenvalue weighted by atomic mass is 10.1. The number of hydrogen-bond acceptors (Lipinski definition) is 6. The number of aromatic nitrogens is 5. The van der Waals surface area contributed by atoms with Crippen LogP contribution in [0.5, 0.6) is 0 Å². The van der Waals surface area contributed by atoms with E-state index in [1.165, 1.54) is 12.1 Å². The van der Waals surface area contributed by atoms with Crippen molar-refractivity contribution in [2.45, 2.75) is 19.3 Å². The summed E-state index contributed by atoms with van der Waals surface area (Å²) in [5.41, 5.74) is 8.24. The molecule has 3 aromatic heterocycles. The van der Waals surface area contributed by atoms with Crippen LogP contribution in [0, 0.1) is 0 Å². The Morgan fingerprint density at radius 3 is 2.38 bits per heavy atom. The van der Waals surface area contributed by atoms with E-state index < -0.39 is 17.6 Å². The number of pyridine rings is 1. The van der Waals surface area contributed by atoms with E-state index in [2.05, 4.69) is 25.3 Å². The summed E-state index contributed by atoms with van der Waals surface area (Å²) in [7, 11) is 0. The number of anilines is 1. The van der Waals surface area contributed by atoms with Crippen molar-refractivity contribution in [1.29, 1.82) is 0 Å². The van der Waals surface area contributed by atoms with Crippen LogP contribution < -0.4 is 11.1 Å². The molecule has 3 N–H and O–H groups in total. The van der Waals surface area contributed by atoms with Crippen LogP contribution in [0.3, 0.4) is 0 Å². The number of nitrogens with one attached hydrogen (secondary N) is 1. The number of nitrogens with zero attached hydrogens (tertiary/aromatic N) is 5. The van der Waals surface area contributed by atoms with Crippen LogP contribution in [-0.2, 0) is 19.3 Å². The van der Waals surface area contributed by atoms with Crippen LogP contribution in [0.15, 0.2) is 79.4 Å². The predicted molar refractivity (Wildman–Crippen MR) is 131 cm³/mol. The van der Waals surface area contributed by atoms with Crippen LogP contribution in [0.4, 0.5) is 19.0 Å². The molecular weight excluding hydrogens is 483 g/mol. The van der Waals surface area contributed by atoms with Gasteiger partial charge in [0.2, 0.25) is 5.91 Å². The van der Waals surface area contributed by atoms with Gasteiger partial charge in [0.15, 0.2) is 17.3 Å². The molecule has 0 atom stereocenters. The first-order valence-electron chi connectivity index (χ1n) is 11.2. The second kappa shape index (κ2) is 9.69. The van der Waals surface area contributed by atoms with E-state index in [-0.39, 0.29) is 6.54 Å². The molecule has 0 unspecified atom stereocenters. The molecule has 2 aromatic carbocycles. The molecule has 0 radical (unpaired) electrons. The third-order valence-electron chi connectivity index (χ3n) is 5.71. The summed E-state index contributed by atoms with van der Waals surface area (Å²) in [5, 5.41) is 3.28. The van der Waals surface area contributed by atoms with Gasteiger partial charge in [-0.3, -0.25) is 9.78 Å². The Hall–Kier alpha value is -4.80. The summed E-state index contributed by atoms with van der Waals surface area (Å²) >= 11 is 0. The fraction of sp³-hybridized carbons (Fsp3) is 0.115. The molecule has 8 nitrogen and oxygen atoms in total. The van der Waals surface area contributed by atoms with E-state index in [4.69, 9.17) is 5.73 Å². The second-order valence-corrected chi connectivity index (χ2v) is 8.29. The zero-order valence-electron chi connectivity index (χ0n) is 19.3. The van der Waals surface area contributed by atoms with Crippen molar-refractivity contribution >= 4 is 22.9 Å². The molecule has 37 heavy (non-hydrogen) atoms. The van der Waals surface area contributed by atoms with Crippen LogP contribution in [-0.4, -0.2) is 30.4 Å². The van der Waals surface area contributed by atoms with Gasteiger partial charge in [-0.25, -0.2) is 15.0 Å². The van der Waals surface area contributed by atoms with Crippen LogP contribution in [0.1, 0.15) is 27.0 Å². The highest BCUT2D eigenvalue weighted by molar-refractivity contribution is 5.93. The molecule has 0 saturated heterocycles. The fourth-order valence-electron chi connectivity index (χ4n) is 3.78. The molecule has 0 fully saturated rings. The number of fused-ring (bicyclic) bond motifs is 1. The number of primary amides is 1. The van der Waals surface area contributed by atoms with Gasteiger partial charge < -0.3 is 15.6 Å². The van der Waals surface area contributed by atoms with Crippen molar-refractivity contribution in [3.63, 3.8) is 0 Å². The quantitative estimate of drug-likeness (QED) is 0.334. The second-order valence-electron chi connectivity index (χ2n) is 8.29. The third-order valence-corrected chi connectivity index (χ3v) is 5.71. The lowest BCUT2D eigenvalue weighted by molar-refractivity contribution is -0.137. The molecule has 0 aliphatic carbocycles. The first-order valence-corrected chi connectivity index (χ1v) is 11.2. The van der Waals surface area contributed by atoms with Crippen molar-refractivity contribution in [3.05, 3.63) is 102 Å². The Bertz CT molecular complexity index is 1550. The summed E-state index contributed by atoms with van der Waals surface area (Å²) < 4.78 is 40.6. The lowest BCUT2D eigenvalue weighted by Crippen LogP contribution is -2.10. The SMILES string of the molecule is NC(=O)c1ccc(-c2nc(NCc3cccnc3)c3ncn(Cc4ccc(C(F)(F)F)cc4)c3n2)cc1. The van der Waals surface area contributed by atoms with Gasteiger partial charge in [0.1, 0.15) is 5.52 Å². The standard InChI is InChI=1S/C26H20F3N7O/c27-26(28,29)20-9-3-16(4-10-20)14-36-15-33-21-24(32-13-17-2-1-11-31-12-17)34-23(35-25(21)36)19-7-5-18(6-8-19)22(30)37/h1-12,15H,13-14H2,(H2,30,37)(H,32,34,35). The number of imidazole rings is 1. The third kappa shape index (κ3) is 5.25. The van der Waals surface area contributed by atoms with Crippen LogP contribution in [0.2, 0.25) is 0 Å². The monoisotopic (exact) mass is 503 g/mol. The van der Waals surface area contributed by atoms with Crippen molar-refractivity contribution in [2.75, 3.05) is 5.32 Å². The number of nitrogens with two attached hydrogens (primary N) is 1. The van der Waals surface area contributed by atoms with Gasteiger partial charge in [0.05, 0.1) is 18.4 Å². The van der Waals surface area contributed by atoms with Gasteiger partial charge in [0, 0.05) is 30.1 Å². The molecule has 5 rings (SSSR count). The van der Waals surface area contributed by atoms with Gasteiger partial charge in [-0.1, -0.05) is 30.3 Å². The molecule has 1 amide bonds. The van der Waals surface area contributed by atoms with Gasteiger partial charge in [0.25, 0.3) is 0 Å². The molecule has 11 heteroatoms. The summed E-state index contributed by atoms with van der Waals surface area (Å²) in [4.78, 5) is 29.4. The van der Waals surface area contributed by atoms with E-state index in [9.17, 15) is 18.0 Å². The smallest absolute Gasteiger partial charge is 0.366 e. The minimum atomic E-state index is -4.40. The Labute approximate surface area is 209 Å². The number of benzene rings is 2. The van der Waals surface area contributed by atoms with Crippen molar-refractivity contribution in [3.8, 4) is 11.4 Å². The van der Waals surface area contributed by atoms with E-state index in [1.54, 1.807) is 47.6 Å². The largest absolute Gasteiger partial charge is 0.416 e. The molecule has 186 valence electrons. The Morgan fingerprint density at radius 2 is 1.73 bits per heavy atom. The Kier molecular flexibility index (Phi) is 6.26. The molecule has 0 bridgehead atoms. The fourth-order valence-corrected chi connectivity index (χ4v) is 3.78. The maximum absolute atomic E-state index is 13.0.